The van der Waals surface area contributed by atoms with Gasteiger partial charge in [-0.2, -0.15) is 0 Å². The summed E-state index contributed by atoms with van der Waals surface area (Å²) in [5, 5.41) is 0. The highest BCUT2D eigenvalue weighted by Gasteiger charge is 2.20. The molecule has 22 heavy (non-hydrogen) atoms. The Morgan fingerprint density at radius 3 is 2.36 bits per heavy atom. The normalized spacial score (nSPS) is 15.9. The molecule has 2 N–H and O–H groups in total. The van der Waals surface area contributed by atoms with Crippen LogP contribution in [0.25, 0.3) is 11.3 Å². The molecule has 0 atom stereocenters. The number of benzene rings is 1. The summed E-state index contributed by atoms with van der Waals surface area (Å²) in [6, 6.07) is 12.7. The third-order valence-corrected chi connectivity index (χ3v) is 4.70. The summed E-state index contributed by atoms with van der Waals surface area (Å²) in [6.45, 7) is 2.38. The van der Waals surface area contributed by atoms with Crippen molar-refractivity contribution in [1.82, 2.24) is 4.57 Å². The number of nitrogens with zero attached hydrogens (tertiary/aromatic N) is 1. The minimum atomic E-state index is 0.0903. The topological polar surface area (TPSA) is 48.0 Å². The molecule has 1 aromatic carbocycles. The van der Waals surface area contributed by atoms with Crippen molar-refractivity contribution in [2.45, 2.75) is 51.6 Å². The van der Waals surface area contributed by atoms with E-state index in [1.54, 1.807) is 0 Å². The molecule has 0 amide bonds. The molecule has 1 saturated carbocycles. The van der Waals surface area contributed by atoms with E-state index in [0.29, 0.717) is 18.2 Å². The van der Waals surface area contributed by atoms with Crippen LogP contribution in [0.4, 0.5) is 0 Å². The summed E-state index contributed by atoms with van der Waals surface area (Å²) in [4.78, 5) is 12.8. The smallest absolute Gasteiger partial charge is 0.255 e. The Bertz CT molecular complexity index is 694. The van der Waals surface area contributed by atoms with E-state index in [4.69, 9.17) is 5.73 Å². The zero-order chi connectivity index (χ0) is 15.5. The Labute approximate surface area is 131 Å². The molecule has 0 unspecified atom stereocenters. The van der Waals surface area contributed by atoms with Crippen LogP contribution in [-0.4, -0.2) is 4.57 Å². The average Bonchev–Trinajstić information content (AvgIpc) is 2.56. The van der Waals surface area contributed by atoms with Gasteiger partial charge < -0.3 is 10.3 Å². The van der Waals surface area contributed by atoms with Gasteiger partial charge in [-0.05, 0) is 31.4 Å². The molecule has 1 aromatic heterocycles. The summed E-state index contributed by atoms with van der Waals surface area (Å²) in [7, 11) is 0. The molecule has 3 nitrogen and oxygen atoms in total. The highest BCUT2D eigenvalue weighted by molar-refractivity contribution is 5.60. The van der Waals surface area contributed by atoms with Crippen molar-refractivity contribution in [3.05, 3.63) is 57.9 Å². The van der Waals surface area contributed by atoms with Crippen molar-refractivity contribution >= 4 is 0 Å². The summed E-state index contributed by atoms with van der Waals surface area (Å²) in [5.74, 6) is 0. The van der Waals surface area contributed by atoms with Crippen LogP contribution in [0.5, 0.6) is 0 Å². The van der Waals surface area contributed by atoms with Gasteiger partial charge in [-0.1, -0.05) is 55.2 Å². The van der Waals surface area contributed by atoms with Gasteiger partial charge in [0.05, 0.1) is 5.69 Å². The third-order valence-electron chi connectivity index (χ3n) is 4.70. The molecule has 1 aliphatic rings. The van der Waals surface area contributed by atoms with Crippen LogP contribution in [0.15, 0.2) is 41.2 Å². The van der Waals surface area contributed by atoms with Crippen LogP contribution in [0.1, 0.15) is 49.3 Å². The molecule has 116 valence electrons. The first-order valence-corrected chi connectivity index (χ1v) is 8.22. The molecular formula is C19H24N2O. The van der Waals surface area contributed by atoms with Crippen LogP contribution >= 0.6 is 0 Å². The standard InChI is InChI=1S/C19H24N2O/c1-14-7-9-15(10-8-14)18-12-11-16(13-20)19(22)21(18)17-5-3-2-4-6-17/h7-12,17H,2-6,13,20H2,1H3. The zero-order valence-electron chi connectivity index (χ0n) is 13.2. The molecule has 1 fully saturated rings. The molecule has 0 spiro atoms. The van der Waals surface area contributed by atoms with Gasteiger partial charge in [-0.15, -0.1) is 0 Å². The van der Waals surface area contributed by atoms with Gasteiger partial charge in [0.1, 0.15) is 0 Å². The van der Waals surface area contributed by atoms with E-state index in [9.17, 15) is 4.79 Å². The fourth-order valence-electron chi connectivity index (χ4n) is 3.41. The quantitative estimate of drug-likeness (QED) is 0.936. The van der Waals surface area contributed by atoms with Gasteiger partial charge in [-0.3, -0.25) is 4.79 Å². The minimum absolute atomic E-state index is 0.0903. The van der Waals surface area contributed by atoms with E-state index in [2.05, 4.69) is 37.3 Å². The van der Waals surface area contributed by atoms with Crippen LogP contribution in [0.2, 0.25) is 0 Å². The lowest BCUT2D eigenvalue weighted by atomic mass is 9.94. The largest absolute Gasteiger partial charge is 0.326 e. The van der Waals surface area contributed by atoms with E-state index in [-0.39, 0.29) is 5.56 Å². The van der Waals surface area contributed by atoms with E-state index in [1.807, 2.05) is 10.6 Å². The average molecular weight is 296 g/mol. The second-order valence-electron chi connectivity index (χ2n) is 6.28. The molecule has 1 heterocycles. The summed E-state index contributed by atoms with van der Waals surface area (Å²) < 4.78 is 2.01. The second-order valence-corrected chi connectivity index (χ2v) is 6.28. The number of hydrogen-bond acceptors (Lipinski definition) is 2. The number of hydrogen-bond donors (Lipinski definition) is 1. The highest BCUT2D eigenvalue weighted by atomic mass is 16.1. The van der Waals surface area contributed by atoms with Crippen LogP contribution in [0, 0.1) is 6.92 Å². The molecule has 1 aliphatic carbocycles. The maximum Gasteiger partial charge on any atom is 0.255 e. The first kappa shape index (κ1) is 15.0. The van der Waals surface area contributed by atoms with Crippen molar-refractivity contribution in [2.75, 3.05) is 0 Å². The minimum Gasteiger partial charge on any atom is -0.326 e. The lowest BCUT2D eigenvalue weighted by molar-refractivity contribution is 0.348. The number of rotatable bonds is 3. The fourth-order valence-corrected chi connectivity index (χ4v) is 3.41. The molecule has 3 rings (SSSR count). The molecule has 0 bridgehead atoms. The maximum atomic E-state index is 12.8. The molecule has 0 saturated heterocycles. The van der Waals surface area contributed by atoms with E-state index < -0.39 is 0 Å². The first-order chi connectivity index (χ1) is 10.7. The number of aromatic nitrogens is 1. The number of pyridine rings is 1. The van der Waals surface area contributed by atoms with Crippen molar-refractivity contribution in [3.8, 4) is 11.3 Å². The zero-order valence-corrected chi connectivity index (χ0v) is 13.2. The van der Waals surface area contributed by atoms with Crippen LogP contribution in [-0.2, 0) is 6.54 Å². The van der Waals surface area contributed by atoms with Gasteiger partial charge in [0.25, 0.3) is 5.56 Å². The van der Waals surface area contributed by atoms with Gasteiger partial charge in [0.2, 0.25) is 0 Å². The predicted octanol–water partition coefficient (Wildman–Crippen LogP) is 3.79. The van der Waals surface area contributed by atoms with Crippen molar-refractivity contribution < 1.29 is 0 Å². The molecule has 0 aliphatic heterocycles. The summed E-state index contributed by atoms with van der Waals surface area (Å²) in [5.41, 5.74) is 9.91. The van der Waals surface area contributed by atoms with E-state index in [1.165, 1.54) is 24.8 Å². The van der Waals surface area contributed by atoms with Gasteiger partial charge in [0, 0.05) is 18.2 Å². The van der Waals surface area contributed by atoms with Crippen LogP contribution < -0.4 is 11.3 Å². The molecule has 3 heteroatoms. The van der Waals surface area contributed by atoms with Crippen molar-refractivity contribution in [3.63, 3.8) is 0 Å². The Hall–Kier alpha value is -1.87. The highest BCUT2D eigenvalue weighted by Crippen LogP contribution is 2.31. The van der Waals surface area contributed by atoms with Gasteiger partial charge >= 0.3 is 0 Å². The Balaban J connectivity index is 2.14. The van der Waals surface area contributed by atoms with E-state index in [0.717, 1.165) is 24.1 Å². The number of nitrogens with two attached hydrogens (primary N) is 1. The second kappa shape index (κ2) is 6.49. The molecule has 0 radical (unpaired) electrons. The Morgan fingerprint density at radius 2 is 1.73 bits per heavy atom. The SMILES string of the molecule is Cc1ccc(-c2ccc(CN)c(=O)n2C2CCCCC2)cc1. The first-order valence-electron chi connectivity index (χ1n) is 8.22. The fraction of sp³-hybridized carbons (Fsp3) is 0.421. The maximum absolute atomic E-state index is 12.8. The van der Waals surface area contributed by atoms with Crippen LogP contribution in [0.3, 0.4) is 0 Å². The summed E-state index contributed by atoms with van der Waals surface area (Å²) in [6.07, 6.45) is 5.87. The lowest BCUT2D eigenvalue weighted by Crippen LogP contribution is -2.31. The molecular weight excluding hydrogens is 272 g/mol. The molecule has 2 aromatic rings. The van der Waals surface area contributed by atoms with Gasteiger partial charge in [0.15, 0.2) is 0 Å². The van der Waals surface area contributed by atoms with Crippen molar-refractivity contribution in [1.29, 1.82) is 0 Å². The number of aryl methyl sites for hydroxylation is 1. The lowest BCUT2D eigenvalue weighted by Gasteiger charge is -2.27. The summed E-state index contributed by atoms with van der Waals surface area (Å²) >= 11 is 0. The monoisotopic (exact) mass is 296 g/mol. The van der Waals surface area contributed by atoms with E-state index >= 15 is 0 Å². The Morgan fingerprint density at radius 1 is 1.05 bits per heavy atom. The third kappa shape index (κ3) is 2.86. The Kier molecular flexibility index (Phi) is 4.44. The van der Waals surface area contributed by atoms with Crippen molar-refractivity contribution in [2.24, 2.45) is 5.73 Å². The van der Waals surface area contributed by atoms with Gasteiger partial charge in [-0.25, -0.2) is 0 Å². The predicted molar refractivity (Wildman–Crippen MR) is 90.9 cm³/mol.